The molecule has 1 aliphatic carbocycles. The van der Waals surface area contributed by atoms with Crippen LogP contribution in [0.15, 0.2) is 30.3 Å². The molecular weight excluding hydrogens is 418 g/mol. The highest BCUT2D eigenvalue weighted by atomic mass is 16.2. The fourth-order valence-electron chi connectivity index (χ4n) is 4.98. The number of hydrogen-bond acceptors (Lipinski definition) is 4. The molecule has 1 aliphatic heterocycles. The lowest BCUT2D eigenvalue weighted by Gasteiger charge is -2.34. The van der Waals surface area contributed by atoms with Crippen molar-refractivity contribution in [2.24, 2.45) is 5.92 Å². The van der Waals surface area contributed by atoms with Gasteiger partial charge in [-0.2, -0.15) is 5.10 Å². The summed E-state index contributed by atoms with van der Waals surface area (Å²) in [6, 6.07) is 9.64. The molecule has 0 radical (unpaired) electrons. The molecule has 1 aromatic carbocycles. The van der Waals surface area contributed by atoms with Crippen molar-refractivity contribution >= 4 is 17.8 Å². The van der Waals surface area contributed by atoms with Crippen LogP contribution in [0.1, 0.15) is 56.0 Å². The van der Waals surface area contributed by atoms with Gasteiger partial charge in [-0.15, -0.1) is 0 Å². The van der Waals surface area contributed by atoms with Crippen molar-refractivity contribution in [3.05, 3.63) is 47.3 Å². The van der Waals surface area contributed by atoms with E-state index in [9.17, 15) is 14.4 Å². The topological polar surface area (TPSA) is 96.3 Å². The van der Waals surface area contributed by atoms with Crippen LogP contribution >= 0.6 is 0 Å². The van der Waals surface area contributed by atoms with E-state index in [1.54, 1.807) is 0 Å². The van der Waals surface area contributed by atoms with Crippen LogP contribution in [0.3, 0.4) is 0 Å². The predicted molar refractivity (Wildman–Crippen MR) is 125 cm³/mol. The predicted octanol–water partition coefficient (Wildman–Crippen LogP) is 3.04. The number of carbonyl (C=O) groups excluding carboxylic acids is 3. The molecule has 4 rings (SSSR count). The van der Waals surface area contributed by atoms with E-state index < -0.39 is 11.6 Å². The molecule has 33 heavy (non-hydrogen) atoms. The van der Waals surface area contributed by atoms with Crippen LogP contribution in [0.2, 0.25) is 0 Å². The second-order valence-corrected chi connectivity index (χ2v) is 9.36. The first-order chi connectivity index (χ1) is 15.8. The van der Waals surface area contributed by atoms with Crippen LogP contribution in [0.25, 0.3) is 5.69 Å². The van der Waals surface area contributed by atoms with Crippen molar-refractivity contribution in [2.45, 2.75) is 64.8 Å². The van der Waals surface area contributed by atoms with E-state index in [0.717, 1.165) is 46.8 Å². The quantitative estimate of drug-likeness (QED) is 0.633. The number of aromatic nitrogens is 2. The molecular formula is C25H33N5O3. The SMILES string of the molecule is CCC1CCC2(CC1)NC(=O)N(CC(=O)NCCc1ccc(-n3nc(C)cc3C)cc1)C2=O. The zero-order chi connectivity index (χ0) is 23.6. The first-order valence-electron chi connectivity index (χ1n) is 11.8. The van der Waals surface area contributed by atoms with Crippen LogP contribution in [-0.4, -0.2) is 51.2 Å². The lowest BCUT2D eigenvalue weighted by molar-refractivity contribution is -0.136. The van der Waals surface area contributed by atoms with Gasteiger partial charge in [-0.1, -0.05) is 25.5 Å². The minimum Gasteiger partial charge on any atom is -0.354 e. The number of urea groups is 1. The molecule has 1 spiro atoms. The Morgan fingerprint density at radius 3 is 2.48 bits per heavy atom. The van der Waals surface area contributed by atoms with E-state index in [1.165, 1.54) is 0 Å². The van der Waals surface area contributed by atoms with Gasteiger partial charge < -0.3 is 10.6 Å². The molecule has 1 saturated carbocycles. The Hall–Kier alpha value is -3.16. The van der Waals surface area contributed by atoms with Gasteiger partial charge in [0.2, 0.25) is 5.91 Å². The third kappa shape index (κ3) is 4.79. The van der Waals surface area contributed by atoms with Crippen molar-refractivity contribution in [1.82, 2.24) is 25.3 Å². The Bertz CT molecular complexity index is 1030. The third-order valence-corrected chi connectivity index (χ3v) is 7.01. The highest BCUT2D eigenvalue weighted by Gasteiger charge is 2.52. The van der Waals surface area contributed by atoms with Crippen LogP contribution < -0.4 is 10.6 Å². The van der Waals surface area contributed by atoms with Gasteiger partial charge in [0.15, 0.2) is 0 Å². The number of rotatable bonds is 7. The summed E-state index contributed by atoms with van der Waals surface area (Å²) in [6.07, 6.45) is 4.92. The van der Waals surface area contributed by atoms with Crippen LogP contribution in [-0.2, 0) is 16.0 Å². The summed E-state index contributed by atoms with van der Waals surface area (Å²) in [6.45, 7) is 6.35. The number of hydrogen-bond donors (Lipinski definition) is 2. The maximum atomic E-state index is 12.9. The molecule has 0 unspecified atom stereocenters. The van der Waals surface area contributed by atoms with Crippen molar-refractivity contribution < 1.29 is 14.4 Å². The molecule has 2 N–H and O–H groups in total. The van der Waals surface area contributed by atoms with Gasteiger partial charge in [0, 0.05) is 12.2 Å². The number of aryl methyl sites for hydroxylation is 2. The maximum Gasteiger partial charge on any atom is 0.325 e. The maximum absolute atomic E-state index is 12.9. The number of nitrogens with zero attached hydrogens (tertiary/aromatic N) is 3. The first-order valence-corrected chi connectivity index (χ1v) is 11.8. The van der Waals surface area contributed by atoms with Gasteiger partial charge in [0.1, 0.15) is 12.1 Å². The minimum atomic E-state index is -0.809. The van der Waals surface area contributed by atoms with E-state index >= 15 is 0 Å². The van der Waals surface area contributed by atoms with Gasteiger partial charge in [-0.3, -0.25) is 14.5 Å². The lowest BCUT2D eigenvalue weighted by Crippen LogP contribution is -2.50. The molecule has 0 bridgehead atoms. The van der Waals surface area contributed by atoms with E-state index in [4.69, 9.17) is 0 Å². The second-order valence-electron chi connectivity index (χ2n) is 9.36. The molecule has 2 aromatic rings. The number of carbonyl (C=O) groups is 3. The first kappa shape index (κ1) is 23.0. The Morgan fingerprint density at radius 2 is 1.88 bits per heavy atom. The second kappa shape index (κ2) is 9.37. The van der Waals surface area contributed by atoms with Gasteiger partial charge >= 0.3 is 6.03 Å². The Balaban J connectivity index is 1.26. The summed E-state index contributed by atoms with van der Waals surface area (Å²) in [4.78, 5) is 38.9. The molecule has 176 valence electrons. The summed E-state index contributed by atoms with van der Waals surface area (Å²) >= 11 is 0. The summed E-state index contributed by atoms with van der Waals surface area (Å²) in [5, 5.41) is 10.2. The summed E-state index contributed by atoms with van der Waals surface area (Å²) in [7, 11) is 0. The largest absolute Gasteiger partial charge is 0.354 e. The van der Waals surface area contributed by atoms with Crippen molar-refractivity contribution in [3.63, 3.8) is 0 Å². The number of amides is 4. The van der Waals surface area contributed by atoms with Crippen LogP contribution in [0.5, 0.6) is 0 Å². The summed E-state index contributed by atoms with van der Waals surface area (Å²) in [5.74, 6) is 0.0356. The number of nitrogens with one attached hydrogen (secondary N) is 2. The van der Waals surface area contributed by atoms with Crippen LogP contribution in [0, 0.1) is 19.8 Å². The van der Waals surface area contributed by atoms with E-state index in [1.807, 2.05) is 48.9 Å². The minimum absolute atomic E-state index is 0.236. The molecule has 4 amide bonds. The molecule has 1 aromatic heterocycles. The molecule has 2 heterocycles. The highest BCUT2D eigenvalue weighted by molar-refractivity contribution is 6.09. The Morgan fingerprint density at radius 1 is 1.18 bits per heavy atom. The zero-order valence-electron chi connectivity index (χ0n) is 19.7. The van der Waals surface area contributed by atoms with Crippen LogP contribution in [0.4, 0.5) is 4.79 Å². The number of benzene rings is 1. The fourth-order valence-corrected chi connectivity index (χ4v) is 4.98. The average Bonchev–Trinajstić information content (AvgIpc) is 3.25. The Labute approximate surface area is 194 Å². The molecule has 1 saturated heterocycles. The normalized spacial score (nSPS) is 22.6. The van der Waals surface area contributed by atoms with Crippen molar-refractivity contribution in [2.75, 3.05) is 13.1 Å². The van der Waals surface area contributed by atoms with E-state index in [2.05, 4.69) is 22.7 Å². The standard InChI is InChI=1S/C25H33N5O3/c1-4-19-9-12-25(13-10-19)23(32)29(24(33)27-25)16-22(31)26-14-11-20-5-7-21(8-6-20)30-18(3)15-17(2)28-30/h5-8,15,19H,4,9-14,16H2,1-3H3,(H,26,31)(H,27,33). The van der Waals surface area contributed by atoms with Gasteiger partial charge in [0.05, 0.1) is 11.4 Å². The zero-order valence-corrected chi connectivity index (χ0v) is 19.7. The van der Waals surface area contributed by atoms with E-state index in [-0.39, 0.29) is 18.4 Å². The molecule has 8 nitrogen and oxygen atoms in total. The molecule has 0 atom stereocenters. The molecule has 8 heteroatoms. The van der Waals surface area contributed by atoms with Gasteiger partial charge in [0.25, 0.3) is 5.91 Å². The summed E-state index contributed by atoms with van der Waals surface area (Å²) < 4.78 is 1.90. The average molecular weight is 452 g/mol. The van der Waals surface area contributed by atoms with E-state index in [0.29, 0.717) is 31.7 Å². The van der Waals surface area contributed by atoms with Crippen molar-refractivity contribution in [3.8, 4) is 5.69 Å². The molecule has 2 fully saturated rings. The molecule has 2 aliphatic rings. The number of imide groups is 1. The van der Waals surface area contributed by atoms with Crippen molar-refractivity contribution in [1.29, 1.82) is 0 Å². The van der Waals surface area contributed by atoms with Gasteiger partial charge in [-0.25, -0.2) is 9.48 Å². The Kier molecular flexibility index (Phi) is 6.54. The lowest BCUT2D eigenvalue weighted by atomic mass is 9.75. The van der Waals surface area contributed by atoms with Gasteiger partial charge in [-0.05, 0) is 75.6 Å². The summed E-state index contributed by atoms with van der Waals surface area (Å²) in [5.41, 5.74) is 3.32. The monoisotopic (exact) mass is 451 g/mol. The fraction of sp³-hybridized carbons (Fsp3) is 0.520. The third-order valence-electron chi connectivity index (χ3n) is 7.01. The highest BCUT2D eigenvalue weighted by Crippen LogP contribution is 2.37. The smallest absolute Gasteiger partial charge is 0.325 e.